The molecule has 0 aliphatic heterocycles. The molecule has 1 aliphatic rings. The molecule has 0 aromatic carbocycles. The summed E-state index contributed by atoms with van der Waals surface area (Å²) in [6.45, 7) is 0. The van der Waals surface area contributed by atoms with Gasteiger partial charge in [0.15, 0.2) is 5.16 Å². The summed E-state index contributed by atoms with van der Waals surface area (Å²) in [7, 11) is 0. The molecule has 1 aliphatic carbocycles. The van der Waals surface area contributed by atoms with Gasteiger partial charge in [0.1, 0.15) is 6.33 Å². The van der Waals surface area contributed by atoms with Crippen molar-refractivity contribution >= 4 is 27.7 Å². The molecule has 1 aromatic rings. The highest BCUT2D eigenvalue weighted by atomic mass is 79.9. The van der Waals surface area contributed by atoms with Crippen molar-refractivity contribution < 1.29 is 0 Å². The number of halogens is 1. The predicted molar refractivity (Wildman–Crippen MR) is 66.4 cm³/mol. The Kier molecular flexibility index (Phi) is 4.08. The lowest BCUT2D eigenvalue weighted by Gasteiger charge is -2.35. The van der Waals surface area contributed by atoms with Gasteiger partial charge in [-0.15, -0.1) is 0 Å². The van der Waals surface area contributed by atoms with Crippen LogP contribution in [0.1, 0.15) is 32.1 Å². The number of H-pyrrole nitrogens is 1. The summed E-state index contributed by atoms with van der Waals surface area (Å²) in [4.78, 5) is 4.15. The molecule has 0 bridgehead atoms. The van der Waals surface area contributed by atoms with Gasteiger partial charge in [-0.3, -0.25) is 5.10 Å². The van der Waals surface area contributed by atoms with E-state index in [0.717, 1.165) is 16.2 Å². The molecule has 1 heterocycles. The molecule has 1 saturated carbocycles. The Balaban J connectivity index is 1.89. The molecule has 3 nitrogen and oxygen atoms in total. The number of aromatic amines is 1. The summed E-state index contributed by atoms with van der Waals surface area (Å²) < 4.78 is 0. The molecule has 0 saturated heterocycles. The van der Waals surface area contributed by atoms with Crippen LogP contribution in [0.4, 0.5) is 0 Å². The van der Waals surface area contributed by atoms with Crippen LogP contribution in [0.15, 0.2) is 11.5 Å². The lowest BCUT2D eigenvalue weighted by atomic mass is 9.77. The Bertz CT molecular complexity index is 283. The van der Waals surface area contributed by atoms with Gasteiger partial charge in [-0.2, -0.15) is 5.10 Å². The first-order valence-electron chi connectivity index (χ1n) is 5.39. The SMILES string of the molecule is BrCC1(CSc2ncn[nH]2)CCCCC1. The molecule has 0 amide bonds. The highest BCUT2D eigenvalue weighted by molar-refractivity contribution is 9.09. The van der Waals surface area contributed by atoms with Gasteiger partial charge in [0, 0.05) is 11.1 Å². The minimum atomic E-state index is 0.482. The van der Waals surface area contributed by atoms with Gasteiger partial charge < -0.3 is 0 Å². The number of hydrogen-bond donors (Lipinski definition) is 1. The summed E-state index contributed by atoms with van der Waals surface area (Å²) in [6.07, 6.45) is 8.43. The second kappa shape index (κ2) is 5.34. The standard InChI is InChI=1S/C10H16BrN3S/c11-6-10(4-2-1-3-5-10)7-15-9-12-8-13-14-9/h8H,1-7H2,(H,12,13,14). The third-order valence-corrected chi connectivity index (χ3v) is 5.52. The smallest absolute Gasteiger partial charge is 0.183 e. The van der Waals surface area contributed by atoms with Crippen molar-refractivity contribution in [3.8, 4) is 0 Å². The largest absolute Gasteiger partial charge is 0.254 e. The molecular weight excluding hydrogens is 274 g/mol. The van der Waals surface area contributed by atoms with Crippen molar-refractivity contribution in [1.29, 1.82) is 0 Å². The Morgan fingerprint density at radius 3 is 2.80 bits per heavy atom. The van der Waals surface area contributed by atoms with Crippen molar-refractivity contribution in [2.45, 2.75) is 37.3 Å². The zero-order chi connectivity index (χ0) is 10.6. The van der Waals surface area contributed by atoms with Crippen molar-refractivity contribution in [2.75, 3.05) is 11.1 Å². The van der Waals surface area contributed by atoms with Crippen LogP contribution in [0.25, 0.3) is 0 Å². The van der Waals surface area contributed by atoms with E-state index in [1.807, 2.05) is 0 Å². The Morgan fingerprint density at radius 1 is 1.40 bits per heavy atom. The van der Waals surface area contributed by atoms with E-state index < -0.39 is 0 Å². The first-order valence-corrected chi connectivity index (χ1v) is 7.49. The van der Waals surface area contributed by atoms with Gasteiger partial charge in [-0.25, -0.2) is 4.98 Å². The van der Waals surface area contributed by atoms with Gasteiger partial charge >= 0.3 is 0 Å². The highest BCUT2D eigenvalue weighted by Crippen LogP contribution is 2.41. The van der Waals surface area contributed by atoms with E-state index >= 15 is 0 Å². The summed E-state index contributed by atoms with van der Waals surface area (Å²) in [5, 5.41) is 8.83. The second-order valence-corrected chi connectivity index (χ2v) is 5.80. The molecule has 5 heteroatoms. The molecule has 0 spiro atoms. The Labute approximate surface area is 103 Å². The van der Waals surface area contributed by atoms with Gasteiger partial charge in [-0.1, -0.05) is 47.0 Å². The van der Waals surface area contributed by atoms with Gasteiger partial charge in [0.2, 0.25) is 0 Å². The van der Waals surface area contributed by atoms with Crippen molar-refractivity contribution in [1.82, 2.24) is 15.2 Å². The van der Waals surface area contributed by atoms with Crippen LogP contribution >= 0.6 is 27.7 Å². The summed E-state index contributed by atoms with van der Waals surface area (Å²) in [6, 6.07) is 0. The van der Waals surface area contributed by atoms with Crippen LogP contribution in [0, 0.1) is 5.41 Å². The third kappa shape index (κ3) is 2.97. The van der Waals surface area contributed by atoms with Crippen LogP contribution in [0.5, 0.6) is 0 Å². The summed E-state index contributed by atoms with van der Waals surface area (Å²) >= 11 is 5.47. The van der Waals surface area contributed by atoms with E-state index in [2.05, 4.69) is 31.1 Å². The second-order valence-electron chi connectivity index (χ2n) is 4.27. The average molecular weight is 290 g/mol. The van der Waals surface area contributed by atoms with E-state index in [-0.39, 0.29) is 0 Å². The fraction of sp³-hybridized carbons (Fsp3) is 0.800. The van der Waals surface area contributed by atoms with Gasteiger partial charge in [-0.05, 0) is 18.3 Å². The van der Waals surface area contributed by atoms with Crippen LogP contribution in [0.3, 0.4) is 0 Å². The quantitative estimate of drug-likeness (QED) is 0.683. The first kappa shape index (κ1) is 11.5. The Hall–Kier alpha value is -0.0300. The number of rotatable bonds is 4. The van der Waals surface area contributed by atoms with Crippen LogP contribution < -0.4 is 0 Å². The maximum absolute atomic E-state index is 4.15. The normalized spacial score (nSPS) is 20.3. The lowest BCUT2D eigenvalue weighted by Crippen LogP contribution is -2.28. The predicted octanol–water partition coefficient (Wildman–Crippen LogP) is 3.24. The van der Waals surface area contributed by atoms with Crippen LogP contribution in [-0.2, 0) is 0 Å². The maximum Gasteiger partial charge on any atom is 0.183 e. The molecule has 1 N–H and O–H groups in total. The minimum Gasteiger partial charge on any atom is -0.254 e. The number of nitrogens with zero attached hydrogens (tertiary/aromatic N) is 2. The maximum atomic E-state index is 4.15. The number of nitrogens with one attached hydrogen (secondary N) is 1. The molecular formula is C10H16BrN3S. The van der Waals surface area contributed by atoms with E-state index in [0.29, 0.717) is 5.41 Å². The highest BCUT2D eigenvalue weighted by Gasteiger charge is 2.31. The number of thioether (sulfide) groups is 1. The monoisotopic (exact) mass is 289 g/mol. The topological polar surface area (TPSA) is 41.6 Å². The molecule has 0 atom stereocenters. The average Bonchev–Trinajstić information content (AvgIpc) is 2.81. The number of aromatic nitrogens is 3. The summed E-state index contributed by atoms with van der Waals surface area (Å²) in [5.41, 5.74) is 0.482. The zero-order valence-corrected chi connectivity index (χ0v) is 11.1. The van der Waals surface area contributed by atoms with E-state index in [4.69, 9.17) is 0 Å². The Morgan fingerprint density at radius 2 is 2.20 bits per heavy atom. The molecule has 1 aromatic heterocycles. The van der Waals surface area contributed by atoms with Crippen molar-refractivity contribution in [2.24, 2.45) is 5.41 Å². The zero-order valence-electron chi connectivity index (χ0n) is 8.71. The molecule has 2 rings (SSSR count). The van der Waals surface area contributed by atoms with Gasteiger partial charge in [0.25, 0.3) is 0 Å². The van der Waals surface area contributed by atoms with Gasteiger partial charge in [0.05, 0.1) is 0 Å². The lowest BCUT2D eigenvalue weighted by molar-refractivity contribution is 0.260. The molecule has 0 radical (unpaired) electrons. The third-order valence-electron chi connectivity index (χ3n) is 3.11. The minimum absolute atomic E-state index is 0.482. The molecule has 84 valence electrons. The van der Waals surface area contributed by atoms with Crippen LogP contribution in [-0.4, -0.2) is 26.3 Å². The van der Waals surface area contributed by atoms with E-state index in [1.165, 1.54) is 32.1 Å². The fourth-order valence-corrected chi connectivity index (χ4v) is 4.20. The van der Waals surface area contributed by atoms with E-state index in [9.17, 15) is 0 Å². The number of alkyl halides is 1. The van der Waals surface area contributed by atoms with Crippen molar-refractivity contribution in [3.63, 3.8) is 0 Å². The van der Waals surface area contributed by atoms with Crippen LogP contribution in [0.2, 0.25) is 0 Å². The molecule has 0 unspecified atom stereocenters. The summed E-state index contributed by atoms with van der Waals surface area (Å²) in [5.74, 6) is 1.15. The first-order chi connectivity index (χ1) is 7.35. The van der Waals surface area contributed by atoms with Crippen molar-refractivity contribution in [3.05, 3.63) is 6.33 Å². The fourth-order valence-electron chi connectivity index (χ4n) is 2.10. The number of hydrogen-bond acceptors (Lipinski definition) is 3. The van der Waals surface area contributed by atoms with E-state index in [1.54, 1.807) is 18.1 Å². The molecule has 1 fully saturated rings. The molecule has 15 heavy (non-hydrogen) atoms.